The van der Waals surface area contributed by atoms with Crippen LogP contribution in [0.15, 0.2) is 33.1 Å². The van der Waals surface area contributed by atoms with Crippen LogP contribution in [0.3, 0.4) is 0 Å². The Labute approximate surface area is 125 Å². The molecule has 0 atom stereocenters. The van der Waals surface area contributed by atoms with Crippen LogP contribution in [0.25, 0.3) is 0 Å². The summed E-state index contributed by atoms with van der Waals surface area (Å²) in [4.78, 5) is 30.4. The Hall–Kier alpha value is -2.09. The van der Waals surface area contributed by atoms with Crippen LogP contribution in [0.4, 0.5) is 5.69 Å². The number of hydrogen-bond donors (Lipinski definition) is 2. The monoisotopic (exact) mass is 307 g/mol. The number of aryl methyl sites for hydroxylation is 1. The first-order valence-corrected chi connectivity index (χ1v) is 7.57. The zero-order valence-corrected chi connectivity index (χ0v) is 12.7. The molecule has 0 fully saturated rings. The minimum Gasteiger partial charge on any atom is -0.385 e. The number of hydrogen-bond acceptors (Lipinski definition) is 6. The highest BCUT2D eigenvalue weighted by Crippen LogP contribution is 2.19. The molecule has 7 nitrogen and oxygen atoms in total. The average molecular weight is 307 g/mol. The molecule has 21 heavy (non-hydrogen) atoms. The van der Waals surface area contributed by atoms with Gasteiger partial charge >= 0.3 is 11.1 Å². The van der Waals surface area contributed by atoms with E-state index in [4.69, 9.17) is 0 Å². The Morgan fingerprint density at radius 3 is 3.00 bits per heavy atom. The topological polar surface area (TPSA) is 92.7 Å². The van der Waals surface area contributed by atoms with Gasteiger partial charge in [0.25, 0.3) is 0 Å². The first kappa shape index (κ1) is 15.3. The predicted octanol–water partition coefficient (Wildman–Crippen LogP) is 0.978. The molecule has 0 saturated heterocycles. The van der Waals surface area contributed by atoms with Gasteiger partial charge in [-0.15, -0.1) is 0 Å². The van der Waals surface area contributed by atoms with Gasteiger partial charge < -0.3 is 5.32 Å². The summed E-state index contributed by atoms with van der Waals surface area (Å²) >= 11 is 1.35. The largest absolute Gasteiger partial charge is 0.385 e. The lowest BCUT2D eigenvalue weighted by Crippen LogP contribution is -2.33. The second kappa shape index (κ2) is 7.07. The van der Waals surface area contributed by atoms with Gasteiger partial charge in [-0.1, -0.05) is 18.7 Å². The molecule has 2 rings (SSSR count). The van der Waals surface area contributed by atoms with Gasteiger partial charge in [0, 0.05) is 31.2 Å². The Bertz CT molecular complexity index is 725. The molecule has 2 heterocycles. The number of rotatable bonds is 6. The van der Waals surface area contributed by atoms with Gasteiger partial charge in [0.2, 0.25) is 0 Å². The van der Waals surface area contributed by atoms with Crippen LogP contribution in [0.1, 0.15) is 19.0 Å². The van der Waals surface area contributed by atoms with Gasteiger partial charge in [0.15, 0.2) is 5.16 Å². The summed E-state index contributed by atoms with van der Waals surface area (Å²) in [5.74, 6) is 0.563. The first-order chi connectivity index (χ1) is 10.1. The van der Waals surface area contributed by atoms with Crippen LogP contribution in [0.5, 0.6) is 0 Å². The van der Waals surface area contributed by atoms with E-state index in [0.717, 1.165) is 24.3 Å². The number of thioether (sulfide) groups is 1. The molecular weight excluding hydrogens is 290 g/mol. The summed E-state index contributed by atoms with van der Waals surface area (Å²) < 4.78 is 1.44. The molecule has 2 aromatic heterocycles. The van der Waals surface area contributed by atoms with Gasteiger partial charge in [-0.2, -0.15) is 4.98 Å². The molecule has 0 unspecified atom stereocenters. The number of pyridine rings is 1. The third-order valence-corrected chi connectivity index (χ3v) is 3.76. The van der Waals surface area contributed by atoms with Crippen molar-refractivity contribution in [1.82, 2.24) is 19.7 Å². The van der Waals surface area contributed by atoms with Crippen molar-refractivity contribution in [2.75, 3.05) is 11.9 Å². The molecule has 0 spiro atoms. The highest BCUT2D eigenvalue weighted by Gasteiger charge is 2.06. The molecular formula is C13H17N5O2S. The van der Waals surface area contributed by atoms with Crippen molar-refractivity contribution in [1.29, 1.82) is 0 Å². The molecule has 112 valence electrons. The van der Waals surface area contributed by atoms with Crippen LogP contribution in [-0.2, 0) is 12.8 Å². The summed E-state index contributed by atoms with van der Waals surface area (Å²) in [6.07, 6.45) is 2.79. The van der Waals surface area contributed by atoms with Crippen molar-refractivity contribution in [2.45, 2.75) is 24.3 Å². The van der Waals surface area contributed by atoms with Crippen molar-refractivity contribution in [2.24, 2.45) is 7.05 Å². The van der Waals surface area contributed by atoms with Crippen LogP contribution in [0, 0.1) is 0 Å². The summed E-state index contributed by atoms with van der Waals surface area (Å²) in [5, 5.41) is 6.16. The van der Waals surface area contributed by atoms with E-state index in [1.165, 1.54) is 16.4 Å². The molecule has 0 aliphatic carbocycles. The zero-order valence-electron chi connectivity index (χ0n) is 11.9. The Balaban J connectivity index is 2.08. The van der Waals surface area contributed by atoms with Crippen LogP contribution in [0.2, 0.25) is 0 Å². The third-order valence-electron chi connectivity index (χ3n) is 2.69. The molecule has 2 N–H and O–H groups in total. The highest BCUT2D eigenvalue weighted by molar-refractivity contribution is 7.98. The van der Waals surface area contributed by atoms with Crippen molar-refractivity contribution in [3.05, 3.63) is 44.7 Å². The maximum atomic E-state index is 11.3. The van der Waals surface area contributed by atoms with E-state index < -0.39 is 11.1 Å². The van der Waals surface area contributed by atoms with E-state index in [2.05, 4.69) is 27.3 Å². The fraction of sp³-hybridized carbons (Fsp3) is 0.385. The number of aromatic amines is 1. The van der Waals surface area contributed by atoms with E-state index in [-0.39, 0.29) is 0 Å². The lowest BCUT2D eigenvalue weighted by Gasteiger charge is -2.07. The normalized spacial score (nSPS) is 10.6. The number of aromatic nitrogens is 4. The molecule has 0 radical (unpaired) electrons. The van der Waals surface area contributed by atoms with Crippen LogP contribution >= 0.6 is 11.8 Å². The summed E-state index contributed by atoms with van der Waals surface area (Å²) in [7, 11) is 1.64. The van der Waals surface area contributed by atoms with Crippen LogP contribution < -0.4 is 16.4 Å². The third kappa shape index (κ3) is 4.19. The van der Waals surface area contributed by atoms with E-state index >= 15 is 0 Å². The van der Waals surface area contributed by atoms with Crippen molar-refractivity contribution in [3.8, 4) is 0 Å². The fourth-order valence-corrected chi connectivity index (χ4v) is 2.49. The lowest BCUT2D eigenvalue weighted by molar-refractivity contribution is 0.596. The van der Waals surface area contributed by atoms with Crippen molar-refractivity contribution >= 4 is 17.4 Å². The number of H-pyrrole nitrogens is 1. The van der Waals surface area contributed by atoms with Crippen LogP contribution in [-0.4, -0.2) is 26.3 Å². The highest BCUT2D eigenvalue weighted by atomic mass is 32.2. The summed E-state index contributed by atoms with van der Waals surface area (Å²) in [5.41, 5.74) is 0.403. The molecule has 0 saturated carbocycles. The van der Waals surface area contributed by atoms with E-state index in [0.29, 0.717) is 10.9 Å². The predicted molar refractivity (Wildman–Crippen MR) is 82.7 cm³/mol. The van der Waals surface area contributed by atoms with Gasteiger partial charge in [-0.25, -0.2) is 0 Å². The Morgan fingerprint density at radius 1 is 1.43 bits per heavy atom. The molecule has 0 aliphatic rings. The van der Waals surface area contributed by atoms with Gasteiger partial charge in [0.1, 0.15) is 0 Å². The Morgan fingerprint density at radius 2 is 2.24 bits per heavy atom. The minimum absolute atomic E-state index is 0.452. The maximum absolute atomic E-state index is 11.3. The standard InChI is InChI=1S/C13H17N5O2S/c1-3-5-14-9-4-6-15-10(7-9)8-21-13-16-11(19)12(20)17-18(13)2/h4,6-7H,3,5,8H2,1-2H3,(H,14,15)(H,17,20). The van der Waals surface area contributed by atoms with E-state index in [9.17, 15) is 9.59 Å². The minimum atomic E-state index is -0.776. The Kier molecular flexibility index (Phi) is 5.15. The fourth-order valence-electron chi connectivity index (χ4n) is 1.66. The van der Waals surface area contributed by atoms with Crippen molar-refractivity contribution < 1.29 is 0 Å². The maximum Gasteiger partial charge on any atom is 0.339 e. The van der Waals surface area contributed by atoms with Gasteiger partial charge in [-0.3, -0.25) is 24.4 Å². The molecule has 0 bridgehead atoms. The summed E-state index contributed by atoms with van der Waals surface area (Å²) in [6.45, 7) is 3.01. The molecule has 0 aliphatic heterocycles. The molecule has 8 heteroatoms. The molecule has 0 aromatic carbocycles. The smallest absolute Gasteiger partial charge is 0.339 e. The second-order valence-corrected chi connectivity index (χ2v) is 5.39. The lowest BCUT2D eigenvalue weighted by atomic mass is 10.3. The molecule has 2 aromatic rings. The van der Waals surface area contributed by atoms with E-state index in [1.807, 2.05) is 12.1 Å². The van der Waals surface area contributed by atoms with Gasteiger partial charge in [0.05, 0.1) is 5.69 Å². The van der Waals surface area contributed by atoms with Crippen molar-refractivity contribution in [3.63, 3.8) is 0 Å². The first-order valence-electron chi connectivity index (χ1n) is 6.59. The zero-order chi connectivity index (χ0) is 15.2. The SMILES string of the molecule is CCCNc1ccnc(CSc2nc(=O)c(=O)[nH]n2C)c1. The quantitative estimate of drug-likeness (QED) is 0.610. The number of nitrogens with zero attached hydrogens (tertiary/aromatic N) is 3. The van der Waals surface area contributed by atoms with Gasteiger partial charge in [-0.05, 0) is 18.6 Å². The average Bonchev–Trinajstić information content (AvgIpc) is 2.48. The number of nitrogens with one attached hydrogen (secondary N) is 2. The summed E-state index contributed by atoms with van der Waals surface area (Å²) in [6, 6.07) is 3.88. The second-order valence-electron chi connectivity index (χ2n) is 4.45. The number of anilines is 1. The van der Waals surface area contributed by atoms with E-state index in [1.54, 1.807) is 13.2 Å². The molecule has 0 amide bonds.